The van der Waals surface area contributed by atoms with E-state index in [0.717, 1.165) is 6.42 Å². The van der Waals surface area contributed by atoms with Crippen LogP contribution in [0.4, 0.5) is 4.39 Å². The smallest absolute Gasteiger partial charge is 0.235 e. The van der Waals surface area contributed by atoms with Gasteiger partial charge in [0, 0.05) is 12.0 Å². The van der Waals surface area contributed by atoms with E-state index in [9.17, 15) is 9.18 Å². The van der Waals surface area contributed by atoms with E-state index in [1.165, 1.54) is 6.08 Å². The number of fused-ring (bicyclic) bond motifs is 1. The van der Waals surface area contributed by atoms with E-state index in [2.05, 4.69) is 20.9 Å². The second kappa shape index (κ2) is 4.62. The lowest BCUT2D eigenvalue weighted by atomic mass is 10.0. The fourth-order valence-electron chi connectivity index (χ4n) is 2.23. The first-order chi connectivity index (χ1) is 9.18. The van der Waals surface area contributed by atoms with Crippen LogP contribution in [0, 0.1) is 5.82 Å². The molecule has 1 heterocycles. The van der Waals surface area contributed by atoms with Gasteiger partial charge in [0.1, 0.15) is 11.4 Å². The summed E-state index contributed by atoms with van der Waals surface area (Å²) < 4.78 is 25.7. The number of nitrogens with zero attached hydrogens (tertiary/aromatic N) is 1. The van der Waals surface area contributed by atoms with E-state index < -0.39 is 11.4 Å². The first kappa shape index (κ1) is 12.6. The highest BCUT2D eigenvalue weighted by Crippen LogP contribution is 2.53. The maximum atomic E-state index is 14.4. The minimum atomic E-state index is -0.765. The molecule has 0 bridgehead atoms. The van der Waals surface area contributed by atoms with Crippen molar-refractivity contribution in [3.63, 3.8) is 0 Å². The zero-order chi connectivity index (χ0) is 13.5. The van der Waals surface area contributed by atoms with Crippen molar-refractivity contribution in [2.75, 3.05) is 13.2 Å². The lowest BCUT2D eigenvalue weighted by molar-refractivity contribution is 0.296. The second-order valence-electron chi connectivity index (χ2n) is 4.66. The Bertz CT molecular complexity index is 580. The van der Waals surface area contributed by atoms with Gasteiger partial charge in [-0.3, -0.25) is 0 Å². The van der Waals surface area contributed by atoms with E-state index in [1.54, 1.807) is 6.07 Å². The maximum absolute atomic E-state index is 14.4. The molecule has 0 spiro atoms. The average Bonchev–Trinajstić information content (AvgIpc) is 3.18. The van der Waals surface area contributed by atoms with Gasteiger partial charge in [-0.2, -0.15) is 4.99 Å². The third kappa shape index (κ3) is 2.05. The average molecular weight is 328 g/mol. The number of rotatable bonds is 2. The van der Waals surface area contributed by atoms with Gasteiger partial charge in [-0.25, -0.2) is 9.18 Å². The van der Waals surface area contributed by atoms with Crippen LogP contribution in [0.15, 0.2) is 15.5 Å². The van der Waals surface area contributed by atoms with Gasteiger partial charge < -0.3 is 9.47 Å². The Morgan fingerprint density at radius 1 is 1.37 bits per heavy atom. The van der Waals surface area contributed by atoms with Crippen LogP contribution in [0.5, 0.6) is 11.5 Å². The third-order valence-corrected chi connectivity index (χ3v) is 4.11. The summed E-state index contributed by atoms with van der Waals surface area (Å²) in [7, 11) is 0. The number of benzene rings is 1. The Labute approximate surface area is 117 Å². The highest BCUT2D eigenvalue weighted by Gasteiger charge is 2.48. The summed E-state index contributed by atoms with van der Waals surface area (Å²) in [5.41, 5.74) is -0.397. The van der Waals surface area contributed by atoms with Gasteiger partial charge in [0.25, 0.3) is 0 Å². The molecular formula is C13H11BrFNO3. The molecule has 1 aromatic carbocycles. The molecule has 0 atom stereocenters. The van der Waals surface area contributed by atoms with Crippen molar-refractivity contribution in [2.24, 2.45) is 4.99 Å². The van der Waals surface area contributed by atoms with Crippen LogP contribution in [0.2, 0.25) is 0 Å². The monoisotopic (exact) mass is 327 g/mol. The molecular weight excluding hydrogens is 317 g/mol. The summed E-state index contributed by atoms with van der Waals surface area (Å²) in [6, 6.07) is 1.59. The fourth-order valence-corrected chi connectivity index (χ4v) is 2.75. The lowest BCUT2D eigenvalue weighted by Crippen LogP contribution is -2.08. The Hall–Kier alpha value is -1.39. The summed E-state index contributed by atoms with van der Waals surface area (Å²) in [6.07, 6.45) is 3.56. The van der Waals surface area contributed by atoms with Crippen LogP contribution in [0.25, 0.3) is 0 Å². The molecule has 6 heteroatoms. The maximum Gasteiger partial charge on any atom is 0.235 e. The van der Waals surface area contributed by atoms with Crippen molar-refractivity contribution < 1.29 is 18.7 Å². The number of halogens is 2. The molecule has 0 N–H and O–H groups in total. The summed E-state index contributed by atoms with van der Waals surface area (Å²) in [5, 5.41) is 0. The molecule has 4 nitrogen and oxygen atoms in total. The highest BCUT2D eigenvalue weighted by atomic mass is 79.9. The lowest BCUT2D eigenvalue weighted by Gasteiger charge is -2.16. The van der Waals surface area contributed by atoms with E-state index in [4.69, 9.17) is 9.47 Å². The van der Waals surface area contributed by atoms with Crippen molar-refractivity contribution in [2.45, 2.75) is 24.8 Å². The van der Waals surface area contributed by atoms with Crippen molar-refractivity contribution in [3.8, 4) is 11.5 Å². The molecule has 0 amide bonds. The predicted molar refractivity (Wildman–Crippen MR) is 68.7 cm³/mol. The number of hydrogen-bond donors (Lipinski definition) is 0. The van der Waals surface area contributed by atoms with Crippen molar-refractivity contribution in [3.05, 3.63) is 21.9 Å². The van der Waals surface area contributed by atoms with Crippen molar-refractivity contribution in [1.29, 1.82) is 0 Å². The van der Waals surface area contributed by atoms with Crippen LogP contribution < -0.4 is 9.47 Å². The minimum Gasteiger partial charge on any atom is -0.490 e. The van der Waals surface area contributed by atoms with Crippen LogP contribution >= 0.6 is 15.9 Å². The molecule has 100 valence electrons. The number of hydrogen-bond acceptors (Lipinski definition) is 4. The Balaban J connectivity index is 2.14. The molecule has 0 unspecified atom stereocenters. The SMILES string of the molecule is O=C=NC1(c2cc3c(c(Br)c2F)OCCCO3)CC1. The molecule has 1 aliphatic heterocycles. The largest absolute Gasteiger partial charge is 0.490 e. The molecule has 0 radical (unpaired) electrons. The second-order valence-corrected chi connectivity index (χ2v) is 5.46. The summed E-state index contributed by atoms with van der Waals surface area (Å²) in [6.45, 7) is 1.01. The van der Waals surface area contributed by atoms with Gasteiger partial charge in [0.15, 0.2) is 11.5 Å². The van der Waals surface area contributed by atoms with E-state index in [0.29, 0.717) is 43.1 Å². The van der Waals surface area contributed by atoms with Gasteiger partial charge in [0.2, 0.25) is 6.08 Å². The van der Waals surface area contributed by atoms with Crippen LogP contribution in [0.1, 0.15) is 24.8 Å². The summed E-state index contributed by atoms with van der Waals surface area (Å²) in [5.74, 6) is 0.429. The molecule has 1 aromatic rings. The zero-order valence-corrected chi connectivity index (χ0v) is 11.6. The fraction of sp³-hybridized carbons (Fsp3) is 0.462. The van der Waals surface area contributed by atoms with Gasteiger partial charge >= 0.3 is 0 Å². The number of ether oxygens (including phenoxy) is 2. The molecule has 19 heavy (non-hydrogen) atoms. The van der Waals surface area contributed by atoms with Gasteiger partial charge in [-0.05, 0) is 34.8 Å². The Morgan fingerprint density at radius 2 is 2.11 bits per heavy atom. The number of aliphatic imine (C=N–C) groups is 1. The van der Waals surface area contributed by atoms with Crippen molar-refractivity contribution in [1.82, 2.24) is 0 Å². The van der Waals surface area contributed by atoms with Crippen molar-refractivity contribution >= 4 is 22.0 Å². The Morgan fingerprint density at radius 3 is 2.79 bits per heavy atom. The first-order valence-electron chi connectivity index (χ1n) is 6.05. The van der Waals surface area contributed by atoms with Gasteiger partial charge in [-0.1, -0.05) is 0 Å². The zero-order valence-electron chi connectivity index (χ0n) is 10.0. The summed E-state index contributed by atoms with van der Waals surface area (Å²) >= 11 is 3.20. The molecule has 1 fully saturated rings. The normalized spacial score (nSPS) is 19.3. The van der Waals surface area contributed by atoms with Crippen LogP contribution in [-0.2, 0) is 10.3 Å². The van der Waals surface area contributed by atoms with E-state index in [-0.39, 0.29) is 4.47 Å². The highest BCUT2D eigenvalue weighted by molar-refractivity contribution is 9.10. The Kier molecular flexibility index (Phi) is 3.07. The van der Waals surface area contributed by atoms with E-state index in [1.807, 2.05) is 0 Å². The molecule has 0 aromatic heterocycles. The van der Waals surface area contributed by atoms with Gasteiger partial charge in [0.05, 0.1) is 17.7 Å². The first-order valence-corrected chi connectivity index (χ1v) is 6.84. The number of carbonyl (C=O) groups excluding carboxylic acids is 1. The van der Waals surface area contributed by atoms with Crippen LogP contribution in [-0.4, -0.2) is 19.3 Å². The molecule has 0 saturated heterocycles. The quantitative estimate of drug-likeness (QED) is 0.619. The molecule has 3 rings (SSSR count). The molecule has 1 aliphatic carbocycles. The predicted octanol–water partition coefficient (Wildman–Crippen LogP) is 3.07. The van der Waals surface area contributed by atoms with Crippen LogP contribution in [0.3, 0.4) is 0 Å². The number of isocyanates is 1. The third-order valence-electron chi connectivity index (χ3n) is 3.41. The molecule has 2 aliphatic rings. The van der Waals surface area contributed by atoms with Gasteiger partial charge in [-0.15, -0.1) is 0 Å². The topological polar surface area (TPSA) is 47.9 Å². The standard InChI is InChI=1S/C13H11BrFNO3/c14-10-11(15)8(13(2-3-13)16-7-17)6-9-12(10)19-5-1-4-18-9/h6H,1-5H2. The van der Waals surface area contributed by atoms with E-state index >= 15 is 0 Å². The summed E-state index contributed by atoms with van der Waals surface area (Å²) in [4.78, 5) is 14.2. The molecule has 1 saturated carbocycles. The minimum absolute atomic E-state index is 0.231.